The molecular formula is C15H13N3O3. The number of nitro benzene ring substituents is 1. The first-order valence-corrected chi connectivity index (χ1v) is 6.25. The van der Waals surface area contributed by atoms with Crippen molar-refractivity contribution in [2.24, 2.45) is 0 Å². The van der Waals surface area contributed by atoms with Crippen LogP contribution in [0.25, 0.3) is 0 Å². The SMILES string of the molecule is CC(O)c1ccc(Nc2ccc(C#N)cc2[N+](=O)[O-])cc1. The molecule has 0 fully saturated rings. The summed E-state index contributed by atoms with van der Waals surface area (Å²) in [5.41, 5.74) is 1.80. The summed E-state index contributed by atoms with van der Waals surface area (Å²) >= 11 is 0. The summed E-state index contributed by atoms with van der Waals surface area (Å²) in [6.45, 7) is 1.66. The first-order valence-electron chi connectivity index (χ1n) is 6.25. The third-order valence-corrected chi connectivity index (χ3v) is 3.00. The number of nitrogens with one attached hydrogen (secondary N) is 1. The van der Waals surface area contributed by atoms with E-state index in [1.807, 2.05) is 6.07 Å². The predicted octanol–water partition coefficient (Wildman–Crippen LogP) is 3.26. The Labute approximate surface area is 121 Å². The number of nitro groups is 1. The monoisotopic (exact) mass is 283 g/mol. The van der Waals surface area contributed by atoms with Gasteiger partial charge >= 0.3 is 0 Å². The molecular weight excluding hydrogens is 270 g/mol. The molecule has 0 amide bonds. The smallest absolute Gasteiger partial charge is 0.293 e. The van der Waals surface area contributed by atoms with Crippen LogP contribution in [-0.2, 0) is 0 Å². The zero-order chi connectivity index (χ0) is 15.4. The standard InChI is InChI=1S/C15H13N3O3/c1-10(19)12-3-5-13(6-4-12)17-14-7-2-11(9-16)8-15(14)18(20)21/h2-8,10,17,19H,1H3. The maximum absolute atomic E-state index is 11.0. The molecule has 0 saturated heterocycles. The normalized spacial score (nSPS) is 11.5. The van der Waals surface area contributed by atoms with E-state index in [0.717, 1.165) is 5.56 Å². The summed E-state index contributed by atoms with van der Waals surface area (Å²) in [4.78, 5) is 10.5. The molecule has 2 N–H and O–H groups in total. The number of hydrogen-bond acceptors (Lipinski definition) is 5. The lowest BCUT2D eigenvalue weighted by molar-refractivity contribution is -0.383. The van der Waals surface area contributed by atoms with Gasteiger partial charge in [-0.25, -0.2) is 0 Å². The van der Waals surface area contributed by atoms with Crippen molar-refractivity contribution in [3.8, 4) is 6.07 Å². The van der Waals surface area contributed by atoms with Crippen molar-refractivity contribution in [3.05, 3.63) is 63.7 Å². The molecule has 2 aromatic rings. The van der Waals surface area contributed by atoms with Gasteiger partial charge in [0.15, 0.2) is 0 Å². The average molecular weight is 283 g/mol. The summed E-state index contributed by atoms with van der Waals surface area (Å²) in [6.07, 6.45) is -0.566. The van der Waals surface area contributed by atoms with Crippen molar-refractivity contribution in [1.82, 2.24) is 0 Å². The van der Waals surface area contributed by atoms with E-state index < -0.39 is 11.0 Å². The molecule has 0 bridgehead atoms. The fourth-order valence-electron chi connectivity index (χ4n) is 1.86. The zero-order valence-electron chi connectivity index (χ0n) is 11.3. The lowest BCUT2D eigenvalue weighted by Crippen LogP contribution is -1.98. The Hall–Kier alpha value is -2.91. The first kappa shape index (κ1) is 14.5. The van der Waals surface area contributed by atoms with Gasteiger partial charge in [-0.2, -0.15) is 5.26 Å². The topological polar surface area (TPSA) is 99.2 Å². The average Bonchev–Trinajstić information content (AvgIpc) is 2.48. The van der Waals surface area contributed by atoms with Crippen LogP contribution in [-0.4, -0.2) is 10.0 Å². The molecule has 0 aliphatic rings. The van der Waals surface area contributed by atoms with E-state index in [2.05, 4.69) is 5.32 Å². The summed E-state index contributed by atoms with van der Waals surface area (Å²) in [7, 11) is 0. The number of rotatable bonds is 4. The molecule has 1 unspecified atom stereocenters. The zero-order valence-corrected chi connectivity index (χ0v) is 11.3. The van der Waals surface area contributed by atoms with E-state index >= 15 is 0 Å². The highest BCUT2D eigenvalue weighted by Gasteiger charge is 2.15. The molecule has 21 heavy (non-hydrogen) atoms. The van der Waals surface area contributed by atoms with Crippen molar-refractivity contribution in [3.63, 3.8) is 0 Å². The molecule has 0 aromatic heterocycles. The maximum atomic E-state index is 11.0. The number of benzene rings is 2. The van der Waals surface area contributed by atoms with Crippen molar-refractivity contribution in [2.45, 2.75) is 13.0 Å². The second-order valence-electron chi connectivity index (χ2n) is 4.52. The molecule has 1 atom stereocenters. The summed E-state index contributed by atoms with van der Waals surface area (Å²) in [6, 6.07) is 13.0. The number of aliphatic hydroxyl groups is 1. The largest absolute Gasteiger partial charge is 0.389 e. The molecule has 0 saturated carbocycles. The second-order valence-corrected chi connectivity index (χ2v) is 4.52. The fraction of sp³-hybridized carbons (Fsp3) is 0.133. The first-order chi connectivity index (χ1) is 10.0. The minimum atomic E-state index is -0.566. The van der Waals surface area contributed by atoms with Crippen LogP contribution in [0.2, 0.25) is 0 Å². The molecule has 0 aliphatic heterocycles. The molecule has 2 aromatic carbocycles. The van der Waals surface area contributed by atoms with Crippen LogP contribution in [0.3, 0.4) is 0 Å². The van der Waals surface area contributed by atoms with E-state index in [9.17, 15) is 15.2 Å². The van der Waals surface area contributed by atoms with Gasteiger partial charge in [-0.05, 0) is 36.8 Å². The van der Waals surface area contributed by atoms with Crippen LogP contribution in [0.15, 0.2) is 42.5 Å². The highest BCUT2D eigenvalue weighted by atomic mass is 16.6. The van der Waals surface area contributed by atoms with E-state index in [-0.39, 0.29) is 11.3 Å². The highest BCUT2D eigenvalue weighted by Crippen LogP contribution is 2.29. The number of nitriles is 1. The van der Waals surface area contributed by atoms with E-state index in [1.54, 1.807) is 31.2 Å². The van der Waals surface area contributed by atoms with Gasteiger partial charge < -0.3 is 10.4 Å². The van der Waals surface area contributed by atoms with Crippen LogP contribution in [0.1, 0.15) is 24.2 Å². The molecule has 2 rings (SSSR count). The van der Waals surface area contributed by atoms with Gasteiger partial charge in [0.2, 0.25) is 0 Å². The Bertz CT molecular complexity index is 703. The van der Waals surface area contributed by atoms with Crippen LogP contribution in [0, 0.1) is 21.4 Å². The van der Waals surface area contributed by atoms with Crippen LogP contribution >= 0.6 is 0 Å². The van der Waals surface area contributed by atoms with Gasteiger partial charge in [0, 0.05) is 11.8 Å². The van der Waals surface area contributed by atoms with Gasteiger partial charge in [-0.1, -0.05) is 12.1 Å². The van der Waals surface area contributed by atoms with Crippen LogP contribution in [0.5, 0.6) is 0 Å². The van der Waals surface area contributed by atoms with Gasteiger partial charge in [0.25, 0.3) is 5.69 Å². The molecule has 0 radical (unpaired) electrons. The third kappa shape index (κ3) is 3.35. The van der Waals surface area contributed by atoms with Gasteiger partial charge in [0.05, 0.1) is 22.7 Å². The van der Waals surface area contributed by atoms with Crippen LogP contribution < -0.4 is 5.32 Å². The quantitative estimate of drug-likeness (QED) is 0.662. The Morgan fingerprint density at radius 3 is 2.48 bits per heavy atom. The van der Waals surface area contributed by atoms with Crippen molar-refractivity contribution in [1.29, 1.82) is 5.26 Å². The Morgan fingerprint density at radius 1 is 1.29 bits per heavy atom. The van der Waals surface area contributed by atoms with Gasteiger partial charge in [-0.3, -0.25) is 10.1 Å². The minimum absolute atomic E-state index is 0.159. The lowest BCUT2D eigenvalue weighted by Gasteiger charge is -2.09. The second kappa shape index (κ2) is 6.03. The number of aliphatic hydroxyl groups excluding tert-OH is 1. The highest BCUT2D eigenvalue weighted by molar-refractivity contribution is 5.70. The predicted molar refractivity (Wildman–Crippen MR) is 78.2 cm³/mol. The van der Waals surface area contributed by atoms with Gasteiger partial charge in [-0.15, -0.1) is 0 Å². The Morgan fingerprint density at radius 2 is 1.95 bits per heavy atom. The number of hydrogen-bond donors (Lipinski definition) is 2. The van der Waals surface area contributed by atoms with E-state index in [4.69, 9.17) is 5.26 Å². The van der Waals surface area contributed by atoms with Crippen LogP contribution in [0.4, 0.5) is 17.1 Å². The van der Waals surface area contributed by atoms with Crippen molar-refractivity contribution < 1.29 is 10.0 Å². The minimum Gasteiger partial charge on any atom is -0.389 e. The Balaban J connectivity index is 2.31. The van der Waals surface area contributed by atoms with Gasteiger partial charge in [0.1, 0.15) is 5.69 Å². The molecule has 106 valence electrons. The van der Waals surface area contributed by atoms with E-state index in [0.29, 0.717) is 11.4 Å². The Kier molecular flexibility index (Phi) is 4.16. The third-order valence-electron chi connectivity index (χ3n) is 3.00. The van der Waals surface area contributed by atoms with Crippen molar-refractivity contribution in [2.75, 3.05) is 5.32 Å². The summed E-state index contributed by atoms with van der Waals surface area (Å²) in [5, 5.41) is 32.2. The molecule has 6 nitrogen and oxygen atoms in total. The number of anilines is 2. The van der Waals surface area contributed by atoms with E-state index in [1.165, 1.54) is 18.2 Å². The summed E-state index contributed by atoms with van der Waals surface area (Å²) in [5.74, 6) is 0. The molecule has 0 heterocycles. The number of nitrogens with zero attached hydrogens (tertiary/aromatic N) is 2. The molecule has 0 aliphatic carbocycles. The molecule has 0 spiro atoms. The maximum Gasteiger partial charge on any atom is 0.293 e. The fourth-order valence-corrected chi connectivity index (χ4v) is 1.86. The molecule has 6 heteroatoms. The lowest BCUT2D eigenvalue weighted by atomic mass is 10.1. The van der Waals surface area contributed by atoms with Crippen molar-refractivity contribution >= 4 is 17.1 Å². The summed E-state index contributed by atoms with van der Waals surface area (Å²) < 4.78 is 0.